The highest BCUT2D eigenvalue weighted by molar-refractivity contribution is 6.18. The summed E-state index contributed by atoms with van der Waals surface area (Å²) in [6, 6.07) is 32.2. The number of hydrogen-bond donors (Lipinski definition) is 2. The lowest BCUT2D eigenvalue weighted by molar-refractivity contribution is 0.103. The molecule has 0 bridgehead atoms. The maximum absolute atomic E-state index is 15.9. The molecular weight excluding hydrogens is 897 g/mol. The van der Waals surface area contributed by atoms with Gasteiger partial charge in [0.25, 0.3) is 0 Å². The van der Waals surface area contributed by atoms with E-state index in [9.17, 15) is 0 Å². The Kier molecular flexibility index (Phi) is 11.6. The minimum Gasteiger partial charge on any atom is -0.368 e. The van der Waals surface area contributed by atoms with Crippen LogP contribution >= 0.6 is 0 Å². The highest BCUT2D eigenvalue weighted by Crippen LogP contribution is 2.42. The van der Waals surface area contributed by atoms with E-state index in [2.05, 4.69) is 67.9 Å². The predicted octanol–water partition coefficient (Wildman–Crippen LogP) is 9.16. The smallest absolute Gasteiger partial charge is 0.197 e. The van der Waals surface area contributed by atoms with Crippen molar-refractivity contribution in [3.05, 3.63) is 157 Å². The molecule has 2 saturated heterocycles. The lowest BCUT2D eigenvalue weighted by atomic mass is 9.90. The summed E-state index contributed by atoms with van der Waals surface area (Å²) in [6.07, 6.45) is 11.2. The summed E-state index contributed by atoms with van der Waals surface area (Å²) in [6.45, 7) is 10.4. The number of ketones is 1. The number of benzene rings is 2. The lowest BCUT2D eigenvalue weighted by Gasteiger charge is -2.37. The van der Waals surface area contributed by atoms with E-state index in [1.165, 1.54) is 0 Å². The van der Waals surface area contributed by atoms with Gasteiger partial charge in [0, 0.05) is 156 Å². The third kappa shape index (κ3) is 8.41. The number of nitrogens with one attached hydrogen (secondary N) is 2. The number of carbonyl (C=O) groups is 1. The van der Waals surface area contributed by atoms with Crippen LogP contribution in [0.5, 0.6) is 0 Å². The minimum absolute atomic E-state index is 0.0463. The largest absolute Gasteiger partial charge is 0.368 e. The van der Waals surface area contributed by atoms with Gasteiger partial charge >= 0.3 is 0 Å². The highest BCUT2D eigenvalue weighted by Gasteiger charge is 2.30. The Bertz CT molecular complexity index is 3440. The van der Waals surface area contributed by atoms with Crippen LogP contribution in [-0.4, -0.2) is 132 Å². The Balaban J connectivity index is 0.986. The van der Waals surface area contributed by atoms with Gasteiger partial charge < -0.3 is 29.6 Å². The van der Waals surface area contributed by atoms with Gasteiger partial charge in [0.1, 0.15) is 22.7 Å². The van der Waals surface area contributed by atoms with Crippen molar-refractivity contribution in [2.75, 3.05) is 76.3 Å². The summed E-state index contributed by atoms with van der Waals surface area (Å²) in [5, 5.41) is 1.76. The number of hydrogen-bond acceptors (Lipinski definition) is 13. The summed E-state index contributed by atoms with van der Waals surface area (Å²) in [5.41, 5.74) is 14.4. The van der Waals surface area contributed by atoms with Crippen LogP contribution in [0.25, 0.3) is 89.9 Å². The number of carbonyl (C=O) groups excluding carboxylic acids is 1. The first-order valence-electron chi connectivity index (χ1n) is 24.4. The molecule has 0 aliphatic carbocycles. The van der Waals surface area contributed by atoms with Crippen LogP contribution in [0.15, 0.2) is 134 Å². The van der Waals surface area contributed by atoms with Crippen molar-refractivity contribution in [2.24, 2.45) is 0 Å². The Morgan fingerprint density at radius 2 is 0.889 bits per heavy atom. The molecule has 0 amide bonds. The second-order valence-electron chi connectivity index (χ2n) is 18.8. The molecule has 2 aliphatic rings. The third-order valence-electron chi connectivity index (χ3n) is 13.9. The molecule has 12 rings (SSSR count). The number of para-hydroxylation sites is 2. The number of anilines is 2. The molecule has 0 spiro atoms. The molecule has 8 aromatic heterocycles. The molecule has 2 N–H and O–H groups in total. The van der Waals surface area contributed by atoms with Crippen molar-refractivity contribution in [2.45, 2.75) is 13.8 Å². The number of aromatic nitrogens is 10. The van der Waals surface area contributed by atoms with Gasteiger partial charge in [-0.25, -0.2) is 29.9 Å². The van der Waals surface area contributed by atoms with Crippen molar-refractivity contribution >= 4 is 39.2 Å². The maximum Gasteiger partial charge on any atom is 0.197 e. The molecule has 2 fully saturated rings. The number of fused-ring (bicyclic) bond motifs is 2. The Hall–Kier alpha value is -8.53. The molecule has 0 unspecified atom stereocenters. The topological polar surface area (TPSA) is 165 Å². The van der Waals surface area contributed by atoms with Gasteiger partial charge in [0.05, 0.1) is 22.8 Å². The molecule has 356 valence electrons. The van der Waals surface area contributed by atoms with Crippen molar-refractivity contribution in [1.82, 2.24) is 59.6 Å². The van der Waals surface area contributed by atoms with Crippen LogP contribution in [0.1, 0.15) is 27.3 Å². The lowest BCUT2D eigenvalue weighted by Crippen LogP contribution is -2.45. The second kappa shape index (κ2) is 18.7. The number of likely N-dealkylation sites (N-methyl/N-ethyl adjacent to an activating group) is 2. The monoisotopic (exact) mass is 948 g/mol. The van der Waals surface area contributed by atoms with Gasteiger partial charge in [0.15, 0.2) is 17.4 Å². The summed E-state index contributed by atoms with van der Waals surface area (Å²) >= 11 is 0. The van der Waals surface area contributed by atoms with E-state index in [4.69, 9.17) is 39.9 Å². The second-order valence-corrected chi connectivity index (χ2v) is 18.8. The number of aryl methyl sites for hydroxylation is 2. The Labute approximate surface area is 416 Å². The van der Waals surface area contributed by atoms with Gasteiger partial charge in [0.2, 0.25) is 0 Å². The van der Waals surface area contributed by atoms with E-state index in [1.807, 2.05) is 124 Å². The molecule has 10 heterocycles. The van der Waals surface area contributed by atoms with Gasteiger partial charge in [-0.05, 0) is 88.6 Å². The molecule has 15 nitrogen and oxygen atoms in total. The molecule has 2 aliphatic heterocycles. The number of nitrogens with zero attached hydrogens (tertiary/aromatic N) is 12. The number of H-pyrrole nitrogens is 2. The average Bonchev–Trinajstić information content (AvgIpc) is 4.11. The fourth-order valence-electron chi connectivity index (χ4n) is 10.1. The highest BCUT2D eigenvalue weighted by atomic mass is 16.1. The predicted molar refractivity (Wildman–Crippen MR) is 284 cm³/mol. The Morgan fingerprint density at radius 3 is 1.32 bits per heavy atom. The molecule has 15 heteroatoms. The summed E-state index contributed by atoms with van der Waals surface area (Å²) < 4.78 is 0. The quantitative estimate of drug-likeness (QED) is 0.125. The van der Waals surface area contributed by atoms with E-state index < -0.39 is 0 Å². The summed E-state index contributed by atoms with van der Waals surface area (Å²) in [5.74, 6) is 1.00. The van der Waals surface area contributed by atoms with Crippen LogP contribution in [0.2, 0.25) is 0 Å². The molecule has 10 aromatic rings. The van der Waals surface area contributed by atoms with E-state index >= 15 is 4.79 Å². The summed E-state index contributed by atoms with van der Waals surface area (Å²) in [4.78, 5) is 71.0. The zero-order valence-electron chi connectivity index (χ0n) is 40.6. The summed E-state index contributed by atoms with van der Waals surface area (Å²) in [7, 11) is 4.30. The molecule has 0 saturated carbocycles. The first-order valence-corrected chi connectivity index (χ1v) is 24.4. The SMILES string of the molecule is Cc1cccc(-c2nc(-c3cncc(-c4cccc(C(=O)c5cccc(-c6cncc(-c7nc(-c8cccc(C)n8)nc8[nH]ccc78)c6)c5N5CCN(C)CC5)c4N4CCN(C)CC4)c3)c3cc[nH]c3n2)n1. The van der Waals surface area contributed by atoms with Gasteiger partial charge in [-0.3, -0.25) is 14.8 Å². The van der Waals surface area contributed by atoms with Gasteiger partial charge in [-0.1, -0.05) is 36.4 Å². The van der Waals surface area contributed by atoms with Gasteiger partial charge in [-0.2, -0.15) is 0 Å². The Morgan fingerprint density at radius 1 is 0.472 bits per heavy atom. The zero-order valence-corrected chi connectivity index (χ0v) is 40.6. The van der Waals surface area contributed by atoms with Crippen molar-refractivity contribution in [3.63, 3.8) is 0 Å². The first kappa shape index (κ1) is 44.7. The standard InChI is InChI=1S/C57H52N14O/c1-35-9-5-15-47(62-35)56-64-49(43-17-19-60-54(43)66-56)39-29-37(31-58-33-39)41-11-7-13-45(51(41)70-25-21-68(3)22-26-70)53(72)46-14-8-12-42(52(46)71-27-23-69(4)24-28-71)38-30-40(34-59-32-38)50-44-18-20-61-55(44)67-57(65-50)48-16-6-10-36(2)63-48/h5-20,29-34H,21-28H2,1-4H3,(H,60,64,66)(H,61,65,67). The van der Waals surface area contributed by atoms with Crippen molar-refractivity contribution in [3.8, 4) is 67.8 Å². The fourth-order valence-corrected chi connectivity index (χ4v) is 10.1. The molecule has 2 aromatic carbocycles. The van der Waals surface area contributed by atoms with Crippen LogP contribution < -0.4 is 9.80 Å². The minimum atomic E-state index is -0.0463. The molecule has 0 atom stereocenters. The van der Waals surface area contributed by atoms with E-state index in [1.54, 1.807) is 0 Å². The normalized spacial score (nSPS) is 14.7. The van der Waals surface area contributed by atoms with E-state index in [-0.39, 0.29) is 5.78 Å². The van der Waals surface area contributed by atoms with Gasteiger partial charge in [-0.15, -0.1) is 0 Å². The number of piperazine rings is 2. The van der Waals surface area contributed by atoms with Crippen LogP contribution in [-0.2, 0) is 0 Å². The van der Waals surface area contributed by atoms with E-state index in [0.29, 0.717) is 45.5 Å². The average molecular weight is 949 g/mol. The van der Waals surface area contributed by atoms with Crippen LogP contribution in [0.3, 0.4) is 0 Å². The first-order chi connectivity index (χ1) is 35.2. The van der Waals surface area contributed by atoms with Crippen molar-refractivity contribution < 1.29 is 4.79 Å². The molecule has 72 heavy (non-hydrogen) atoms. The van der Waals surface area contributed by atoms with E-state index in [0.717, 1.165) is 131 Å². The third-order valence-corrected chi connectivity index (χ3v) is 13.9. The number of pyridine rings is 4. The molecule has 0 radical (unpaired) electrons. The zero-order chi connectivity index (χ0) is 48.9. The molecular formula is C57H52N14O. The van der Waals surface area contributed by atoms with Crippen LogP contribution in [0.4, 0.5) is 11.4 Å². The fraction of sp³-hybridized carbons (Fsp3) is 0.211. The number of rotatable bonds is 10. The van der Waals surface area contributed by atoms with Crippen molar-refractivity contribution in [1.29, 1.82) is 0 Å². The van der Waals surface area contributed by atoms with Crippen LogP contribution in [0, 0.1) is 13.8 Å². The maximum atomic E-state index is 15.9. The number of aromatic amines is 2.